The van der Waals surface area contributed by atoms with Crippen molar-refractivity contribution in [1.29, 1.82) is 0 Å². The van der Waals surface area contributed by atoms with Crippen LogP contribution in [0.4, 0.5) is 5.82 Å². The summed E-state index contributed by atoms with van der Waals surface area (Å²) in [6, 6.07) is 7.61. The first-order valence-corrected chi connectivity index (χ1v) is 8.29. The minimum absolute atomic E-state index is 0.0682. The summed E-state index contributed by atoms with van der Waals surface area (Å²) in [6.07, 6.45) is 3.52. The molecule has 0 aliphatic carbocycles. The van der Waals surface area contributed by atoms with Crippen LogP contribution in [0, 0.1) is 5.92 Å². The SMILES string of the molecule is CCn1cc(-c2ccc(Cl)cc2)c2c(NC(=O)C(C)C)ncnc21. The van der Waals surface area contributed by atoms with Crippen LogP contribution < -0.4 is 5.32 Å². The van der Waals surface area contributed by atoms with E-state index in [1.807, 2.05) is 48.9 Å². The Morgan fingerprint density at radius 3 is 2.58 bits per heavy atom. The molecule has 0 atom stereocenters. The van der Waals surface area contributed by atoms with E-state index in [2.05, 4.69) is 22.2 Å². The lowest BCUT2D eigenvalue weighted by atomic mass is 10.1. The highest BCUT2D eigenvalue weighted by Crippen LogP contribution is 2.34. The predicted octanol–water partition coefficient (Wildman–Crippen LogP) is 4.37. The molecule has 0 saturated carbocycles. The van der Waals surface area contributed by atoms with Gasteiger partial charge in [0.25, 0.3) is 0 Å². The van der Waals surface area contributed by atoms with E-state index in [0.717, 1.165) is 28.7 Å². The number of anilines is 1. The van der Waals surface area contributed by atoms with Crippen LogP contribution in [0.25, 0.3) is 22.2 Å². The van der Waals surface area contributed by atoms with Gasteiger partial charge in [-0.3, -0.25) is 4.79 Å². The number of aromatic nitrogens is 3. The van der Waals surface area contributed by atoms with Gasteiger partial charge in [0, 0.05) is 29.2 Å². The number of carbonyl (C=O) groups is 1. The maximum absolute atomic E-state index is 12.1. The number of rotatable bonds is 4. The molecule has 3 aromatic rings. The second-order valence-electron chi connectivity index (χ2n) is 5.90. The highest BCUT2D eigenvalue weighted by molar-refractivity contribution is 6.30. The molecule has 1 amide bonds. The van der Waals surface area contributed by atoms with Crippen LogP contribution in [0.1, 0.15) is 20.8 Å². The molecule has 5 nitrogen and oxygen atoms in total. The summed E-state index contributed by atoms with van der Waals surface area (Å²) in [5.74, 6) is 0.347. The van der Waals surface area contributed by atoms with Gasteiger partial charge < -0.3 is 9.88 Å². The first-order chi connectivity index (χ1) is 11.5. The van der Waals surface area contributed by atoms with Crippen LogP contribution in [0.15, 0.2) is 36.8 Å². The Hall–Kier alpha value is -2.40. The number of halogens is 1. The molecule has 0 spiro atoms. The largest absolute Gasteiger partial charge is 0.332 e. The second kappa shape index (κ2) is 6.61. The minimum Gasteiger partial charge on any atom is -0.332 e. The predicted molar refractivity (Wildman–Crippen MR) is 97.1 cm³/mol. The number of fused-ring (bicyclic) bond motifs is 1. The fourth-order valence-corrected chi connectivity index (χ4v) is 2.69. The van der Waals surface area contributed by atoms with Crippen molar-refractivity contribution >= 4 is 34.4 Å². The lowest BCUT2D eigenvalue weighted by Gasteiger charge is -2.09. The van der Waals surface area contributed by atoms with Crippen molar-refractivity contribution in [2.45, 2.75) is 27.3 Å². The molecule has 0 radical (unpaired) electrons. The standard InChI is InChI=1S/C18H19ClN4O/c1-4-23-9-14(12-5-7-13(19)8-6-12)15-16(20-10-21-17(15)23)22-18(24)11(2)3/h5-11H,4H2,1-3H3,(H,20,21,22,24). The number of carbonyl (C=O) groups excluding carboxylic acids is 1. The summed E-state index contributed by atoms with van der Waals surface area (Å²) in [7, 11) is 0. The normalized spacial score (nSPS) is 11.2. The number of amides is 1. The number of aryl methyl sites for hydroxylation is 1. The molecule has 0 fully saturated rings. The maximum Gasteiger partial charge on any atom is 0.228 e. The van der Waals surface area contributed by atoms with E-state index in [4.69, 9.17) is 11.6 Å². The molecule has 1 aromatic carbocycles. The minimum atomic E-state index is -0.123. The highest BCUT2D eigenvalue weighted by Gasteiger charge is 2.18. The fourth-order valence-electron chi connectivity index (χ4n) is 2.57. The third-order valence-corrected chi connectivity index (χ3v) is 4.17. The van der Waals surface area contributed by atoms with Gasteiger partial charge in [0.1, 0.15) is 17.8 Å². The summed E-state index contributed by atoms with van der Waals surface area (Å²) in [4.78, 5) is 20.8. The molecule has 0 bridgehead atoms. The van der Waals surface area contributed by atoms with E-state index in [1.165, 1.54) is 6.33 Å². The zero-order valence-electron chi connectivity index (χ0n) is 13.9. The molecular weight excluding hydrogens is 324 g/mol. The van der Waals surface area contributed by atoms with Crippen LogP contribution in [-0.2, 0) is 11.3 Å². The van der Waals surface area contributed by atoms with Gasteiger partial charge in [-0.1, -0.05) is 37.6 Å². The summed E-state index contributed by atoms with van der Waals surface area (Å²) < 4.78 is 2.05. The number of hydrogen-bond donors (Lipinski definition) is 1. The topological polar surface area (TPSA) is 59.8 Å². The van der Waals surface area contributed by atoms with Crippen molar-refractivity contribution in [2.24, 2.45) is 5.92 Å². The van der Waals surface area contributed by atoms with Gasteiger partial charge in [0.15, 0.2) is 0 Å². The van der Waals surface area contributed by atoms with Gasteiger partial charge in [-0.05, 0) is 24.6 Å². The number of hydrogen-bond acceptors (Lipinski definition) is 3. The average Bonchev–Trinajstić information content (AvgIpc) is 2.95. The van der Waals surface area contributed by atoms with Crippen LogP contribution in [0.2, 0.25) is 5.02 Å². The van der Waals surface area contributed by atoms with Gasteiger partial charge in [0.05, 0.1) is 5.39 Å². The Labute approximate surface area is 145 Å². The van der Waals surface area contributed by atoms with Gasteiger partial charge in [-0.15, -0.1) is 0 Å². The Bertz CT molecular complexity index is 884. The van der Waals surface area contributed by atoms with Gasteiger partial charge in [-0.2, -0.15) is 0 Å². The van der Waals surface area contributed by atoms with Crippen molar-refractivity contribution < 1.29 is 4.79 Å². The Kier molecular flexibility index (Phi) is 4.53. The lowest BCUT2D eigenvalue weighted by Crippen LogP contribution is -2.18. The summed E-state index contributed by atoms with van der Waals surface area (Å²) in [5, 5.41) is 4.44. The van der Waals surface area contributed by atoms with Gasteiger partial charge >= 0.3 is 0 Å². The Morgan fingerprint density at radius 2 is 1.96 bits per heavy atom. The van der Waals surface area contributed by atoms with E-state index >= 15 is 0 Å². The number of nitrogens with one attached hydrogen (secondary N) is 1. The smallest absolute Gasteiger partial charge is 0.228 e. The number of benzene rings is 1. The molecule has 1 N–H and O–H groups in total. The summed E-state index contributed by atoms with van der Waals surface area (Å²) in [5.41, 5.74) is 2.78. The molecular formula is C18H19ClN4O. The first-order valence-electron chi connectivity index (χ1n) is 7.92. The molecule has 3 rings (SSSR count). The van der Waals surface area contributed by atoms with E-state index in [9.17, 15) is 4.79 Å². The first kappa shape index (κ1) is 16.5. The van der Waals surface area contributed by atoms with E-state index in [0.29, 0.717) is 10.8 Å². The van der Waals surface area contributed by atoms with Crippen molar-refractivity contribution in [1.82, 2.24) is 14.5 Å². The van der Waals surface area contributed by atoms with E-state index in [1.54, 1.807) is 0 Å². The fraction of sp³-hybridized carbons (Fsp3) is 0.278. The zero-order chi connectivity index (χ0) is 17.3. The monoisotopic (exact) mass is 342 g/mol. The van der Waals surface area contributed by atoms with Crippen molar-refractivity contribution in [3.05, 3.63) is 41.8 Å². The molecule has 0 saturated heterocycles. The van der Waals surface area contributed by atoms with E-state index in [-0.39, 0.29) is 11.8 Å². The van der Waals surface area contributed by atoms with Crippen LogP contribution in [-0.4, -0.2) is 20.4 Å². The second-order valence-corrected chi connectivity index (χ2v) is 6.34. The maximum atomic E-state index is 12.1. The van der Waals surface area contributed by atoms with Crippen LogP contribution in [0.3, 0.4) is 0 Å². The third-order valence-electron chi connectivity index (χ3n) is 3.92. The van der Waals surface area contributed by atoms with Crippen molar-refractivity contribution in [3.63, 3.8) is 0 Å². The Morgan fingerprint density at radius 1 is 1.25 bits per heavy atom. The molecule has 124 valence electrons. The summed E-state index contributed by atoms with van der Waals surface area (Å²) in [6.45, 7) is 6.54. The lowest BCUT2D eigenvalue weighted by molar-refractivity contribution is -0.118. The van der Waals surface area contributed by atoms with E-state index < -0.39 is 0 Å². The molecule has 0 unspecified atom stereocenters. The molecule has 2 aromatic heterocycles. The third kappa shape index (κ3) is 2.99. The molecule has 0 aliphatic rings. The van der Waals surface area contributed by atoms with Crippen molar-refractivity contribution in [3.8, 4) is 11.1 Å². The Balaban J connectivity index is 2.21. The molecule has 2 heterocycles. The number of nitrogens with zero attached hydrogens (tertiary/aromatic N) is 3. The van der Waals surface area contributed by atoms with Crippen LogP contribution in [0.5, 0.6) is 0 Å². The quantitative estimate of drug-likeness (QED) is 0.766. The van der Waals surface area contributed by atoms with Gasteiger partial charge in [-0.25, -0.2) is 9.97 Å². The van der Waals surface area contributed by atoms with Crippen LogP contribution >= 0.6 is 11.6 Å². The molecule has 0 aliphatic heterocycles. The van der Waals surface area contributed by atoms with Gasteiger partial charge in [0.2, 0.25) is 5.91 Å². The molecule has 6 heteroatoms. The van der Waals surface area contributed by atoms with Crippen molar-refractivity contribution in [2.75, 3.05) is 5.32 Å². The zero-order valence-corrected chi connectivity index (χ0v) is 14.6. The highest BCUT2D eigenvalue weighted by atomic mass is 35.5. The summed E-state index contributed by atoms with van der Waals surface area (Å²) >= 11 is 6.00. The average molecular weight is 343 g/mol. The molecule has 24 heavy (non-hydrogen) atoms.